The predicted molar refractivity (Wildman–Crippen MR) is 362 cm³/mol. The topological polar surface area (TPSA) is 78.9 Å². The van der Waals surface area contributed by atoms with E-state index in [1.165, 1.54) is 141 Å². The van der Waals surface area contributed by atoms with Gasteiger partial charge in [-0.3, -0.25) is 14.4 Å². The van der Waals surface area contributed by atoms with Crippen molar-refractivity contribution in [2.75, 3.05) is 13.2 Å². The third-order valence-electron chi connectivity index (χ3n) is 15.0. The van der Waals surface area contributed by atoms with Crippen molar-refractivity contribution in [1.82, 2.24) is 0 Å². The standard InChI is InChI=1S/C77H130O6/c1-4-7-10-13-16-19-22-25-28-31-33-35-36-37-38-39-40-42-43-46-49-52-55-58-61-64-67-70-76(79)82-73-74(72-81-75(78)69-66-63-60-57-54-51-48-45-30-27-24-21-18-15-12-9-6-3)83-77(80)71-68-65-62-59-56-53-50-47-44-41-34-32-29-26-23-20-17-14-11-8-5-2/h7,9-10,12,16,18-19,21,25,27-28,30,33,35,37-38,40,42,46,49,74H,4-6,8,11,13-15,17,20,22-24,26,29,31-32,34,36,39,41,43-45,47-48,50-73H2,1-3H3/b10-7-,12-9-,19-16-,21-18-,28-25-,30-27-,35-33-,38-37-,42-40-,49-46-. The Morgan fingerprint density at radius 1 is 0.253 bits per heavy atom. The third-order valence-corrected chi connectivity index (χ3v) is 15.0. The highest BCUT2D eigenvalue weighted by atomic mass is 16.6. The van der Waals surface area contributed by atoms with E-state index in [0.29, 0.717) is 19.3 Å². The Hall–Kier alpha value is -4.19. The predicted octanol–water partition coefficient (Wildman–Crippen LogP) is 24.3. The molecule has 0 heterocycles. The Balaban J connectivity index is 4.41. The van der Waals surface area contributed by atoms with Crippen LogP contribution in [0.25, 0.3) is 0 Å². The van der Waals surface area contributed by atoms with Gasteiger partial charge in [0.05, 0.1) is 0 Å². The van der Waals surface area contributed by atoms with E-state index in [4.69, 9.17) is 14.2 Å². The van der Waals surface area contributed by atoms with Crippen molar-refractivity contribution in [1.29, 1.82) is 0 Å². The molecule has 0 bridgehead atoms. The normalized spacial score (nSPS) is 12.9. The molecule has 0 rings (SSSR count). The molecule has 0 saturated heterocycles. The smallest absolute Gasteiger partial charge is 0.306 e. The van der Waals surface area contributed by atoms with E-state index in [1.54, 1.807) is 0 Å². The highest BCUT2D eigenvalue weighted by molar-refractivity contribution is 5.71. The van der Waals surface area contributed by atoms with Gasteiger partial charge in [-0.2, -0.15) is 0 Å². The van der Waals surface area contributed by atoms with E-state index in [-0.39, 0.29) is 31.1 Å². The summed E-state index contributed by atoms with van der Waals surface area (Å²) in [5.74, 6) is -0.904. The second kappa shape index (κ2) is 70.3. The van der Waals surface area contributed by atoms with Gasteiger partial charge in [-0.25, -0.2) is 0 Å². The monoisotopic (exact) mass is 1150 g/mol. The second-order valence-corrected chi connectivity index (χ2v) is 23.0. The van der Waals surface area contributed by atoms with Gasteiger partial charge in [0.2, 0.25) is 0 Å². The number of hydrogen-bond donors (Lipinski definition) is 0. The minimum absolute atomic E-state index is 0.0893. The average Bonchev–Trinajstić information content (AvgIpc) is 3.49. The lowest BCUT2D eigenvalue weighted by Gasteiger charge is -2.18. The molecule has 6 nitrogen and oxygen atoms in total. The number of esters is 3. The molecule has 83 heavy (non-hydrogen) atoms. The molecule has 6 heteroatoms. The lowest BCUT2D eigenvalue weighted by molar-refractivity contribution is -0.167. The molecule has 1 unspecified atom stereocenters. The third kappa shape index (κ3) is 68.5. The lowest BCUT2D eigenvalue weighted by Crippen LogP contribution is -2.30. The SMILES string of the molecule is CC/C=C\C/C=C\C/C=C\C/C=C\C/C=C\C/C=C\C/C=C\CCCCCCCC(=O)OCC(COC(=O)CCCCCCCCC/C=C\C/C=C\C/C=C\CC)OC(=O)CCCCCCCCCCCCCCCCCCCCCCC. The molecule has 0 aromatic heterocycles. The van der Waals surface area contributed by atoms with Gasteiger partial charge in [0.1, 0.15) is 13.2 Å². The van der Waals surface area contributed by atoms with Crippen LogP contribution in [-0.2, 0) is 28.6 Å². The number of carbonyl (C=O) groups is 3. The molecule has 0 aromatic rings. The van der Waals surface area contributed by atoms with Crippen LogP contribution in [0.1, 0.15) is 329 Å². The van der Waals surface area contributed by atoms with Gasteiger partial charge in [0, 0.05) is 19.3 Å². The van der Waals surface area contributed by atoms with Gasteiger partial charge in [-0.05, 0) is 109 Å². The molecule has 0 aliphatic rings. The fourth-order valence-corrected chi connectivity index (χ4v) is 9.79. The maximum atomic E-state index is 13.0. The number of hydrogen-bond acceptors (Lipinski definition) is 6. The van der Waals surface area contributed by atoms with Crippen molar-refractivity contribution in [3.63, 3.8) is 0 Å². The van der Waals surface area contributed by atoms with Gasteiger partial charge < -0.3 is 14.2 Å². The zero-order chi connectivity index (χ0) is 59.9. The van der Waals surface area contributed by atoms with E-state index in [0.717, 1.165) is 148 Å². The van der Waals surface area contributed by atoms with Crippen molar-refractivity contribution in [2.24, 2.45) is 0 Å². The first-order valence-electron chi connectivity index (χ1n) is 35.0. The first-order chi connectivity index (χ1) is 41.0. The molecule has 0 aromatic carbocycles. The van der Waals surface area contributed by atoms with Crippen LogP contribution in [0, 0.1) is 0 Å². The van der Waals surface area contributed by atoms with Crippen LogP contribution in [0.15, 0.2) is 122 Å². The molecule has 0 spiro atoms. The van der Waals surface area contributed by atoms with Gasteiger partial charge in [0.15, 0.2) is 6.10 Å². The largest absolute Gasteiger partial charge is 0.462 e. The summed E-state index contributed by atoms with van der Waals surface area (Å²) in [5.41, 5.74) is 0. The van der Waals surface area contributed by atoms with Crippen LogP contribution < -0.4 is 0 Å². The molecule has 1 atom stereocenters. The fourth-order valence-electron chi connectivity index (χ4n) is 9.79. The number of carbonyl (C=O) groups excluding carboxylic acids is 3. The van der Waals surface area contributed by atoms with E-state index < -0.39 is 6.10 Å². The zero-order valence-electron chi connectivity index (χ0n) is 54.4. The quantitative estimate of drug-likeness (QED) is 0.0261. The maximum Gasteiger partial charge on any atom is 0.306 e. The number of unbranched alkanes of at least 4 members (excludes halogenated alkanes) is 32. The molecule has 0 radical (unpaired) electrons. The average molecular weight is 1150 g/mol. The van der Waals surface area contributed by atoms with Gasteiger partial charge in [-0.15, -0.1) is 0 Å². The Morgan fingerprint density at radius 2 is 0.470 bits per heavy atom. The van der Waals surface area contributed by atoms with Crippen LogP contribution in [0.4, 0.5) is 0 Å². The molecule has 0 fully saturated rings. The van der Waals surface area contributed by atoms with Crippen LogP contribution in [-0.4, -0.2) is 37.2 Å². The minimum atomic E-state index is -0.794. The number of ether oxygens (including phenoxy) is 3. The summed E-state index contributed by atoms with van der Waals surface area (Å²) in [7, 11) is 0. The molecule has 474 valence electrons. The van der Waals surface area contributed by atoms with Crippen molar-refractivity contribution < 1.29 is 28.6 Å². The zero-order valence-corrected chi connectivity index (χ0v) is 54.4. The number of allylic oxidation sites excluding steroid dienone is 20. The van der Waals surface area contributed by atoms with Gasteiger partial charge >= 0.3 is 17.9 Å². The summed E-state index contributed by atoms with van der Waals surface area (Å²) in [5, 5.41) is 0. The van der Waals surface area contributed by atoms with Crippen LogP contribution in [0.2, 0.25) is 0 Å². The summed E-state index contributed by atoms with van der Waals surface area (Å²) < 4.78 is 17.0. The summed E-state index contributed by atoms with van der Waals surface area (Å²) in [6, 6.07) is 0. The van der Waals surface area contributed by atoms with Crippen LogP contribution >= 0.6 is 0 Å². The molecular weight excluding hydrogens is 1020 g/mol. The fraction of sp³-hybridized carbons (Fsp3) is 0.701. The maximum absolute atomic E-state index is 13.0. The van der Waals surface area contributed by atoms with E-state index in [9.17, 15) is 14.4 Å². The molecule has 0 N–H and O–H groups in total. The summed E-state index contributed by atoms with van der Waals surface area (Å²) in [4.78, 5) is 38.5. The van der Waals surface area contributed by atoms with Crippen molar-refractivity contribution in [3.8, 4) is 0 Å². The molecular formula is C77H130O6. The molecule has 0 aliphatic heterocycles. The Bertz CT molecular complexity index is 1700. The number of rotatable bonds is 63. The van der Waals surface area contributed by atoms with Crippen molar-refractivity contribution in [3.05, 3.63) is 122 Å². The Kier molecular flexibility index (Phi) is 66.7. The van der Waals surface area contributed by atoms with E-state index in [2.05, 4.69) is 142 Å². The molecule has 0 amide bonds. The first-order valence-corrected chi connectivity index (χ1v) is 35.0. The highest BCUT2D eigenvalue weighted by Crippen LogP contribution is 2.17. The van der Waals surface area contributed by atoms with Gasteiger partial charge in [0.25, 0.3) is 0 Å². The molecule has 0 saturated carbocycles. The lowest BCUT2D eigenvalue weighted by atomic mass is 10.0. The van der Waals surface area contributed by atoms with E-state index >= 15 is 0 Å². The summed E-state index contributed by atoms with van der Waals surface area (Å²) in [6.45, 7) is 6.43. The first kappa shape index (κ1) is 78.8. The van der Waals surface area contributed by atoms with Crippen LogP contribution in [0.3, 0.4) is 0 Å². The second-order valence-electron chi connectivity index (χ2n) is 23.0. The van der Waals surface area contributed by atoms with Crippen molar-refractivity contribution >= 4 is 17.9 Å². The highest BCUT2D eigenvalue weighted by Gasteiger charge is 2.19. The van der Waals surface area contributed by atoms with Crippen LogP contribution in [0.5, 0.6) is 0 Å². The summed E-state index contributed by atoms with van der Waals surface area (Å²) >= 11 is 0. The Labute approximate surface area is 513 Å². The van der Waals surface area contributed by atoms with Crippen molar-refractivity contribution in [2.45, 2.75) is 335 Å². The Morgan fingerprint density at radius 3 is 0.735 bits per heavy atom. The van der Waals surface area contributed by atoms with Gasteiger partial charge in [-0.1, -0.05) is 322 Å². The minimum Gasteiger partial charge on any atom is -0.462 e. The van der Waals surface area contributed by atoms with E-state index in [1.807, 2.05) is 0 Å². The summed E-state index contributed by atoms with van der Waals surface area (Å²) in [6.07, 6.45) is 97.8. The molecule has 0 aliphatic carbocycles.